The van der Waals surface area contributed by atoms with Crippen molar-refractivity contribution in [2.24, 2.45) is 0 Å². The standard InChI is InChI=1S/C8H10O3.C8H10O2/c1-5(2)7(9)11-8(10)6(3)4;9-6-8(10)7-4-2-1-3-5-7/h1,3H2,2,4H3;1-5,8-10H,6H2. The molecule has 5 heteroatoms. The van der Waals surface area contributed by atoms with Crippen LogP contribution in [0, 0.1) is 0 Å². The number of benzene rings is 1. The third-order valence-corrected chi connectivity index (χ3v) is 2.24. The van der Waals surface area contributed by atoms with Crippen molar-refractivity contribution in [1.82, 2.24) is 0 Å². The molecule has 0 aliphatic rings. The summed E-state index contributed by atoms with van der Waals surface area (Å²) >= 11 is 0. The Bertz CT molecular complexity index is 481. The SMILES string of the molecule is C=C(C)C(=O)OC(=O)C(=C)C.OCC(O)c1ccccc1. The zero-order valence-corrected chi connectivity index (χ0v) is 12.2. The quantitative estimate of drug-likeness (QED) is 0.503. The van der Waals surface area contributed by atoms with Crippen LogP contribution in [0.3, 0.4) is 0 Å². The summed E-state index contributed by atoms with van der Waals surface area (Å²) in [6.45, 7) is 9.34. The second-order valence-corrected chi connectivity index (χ2v) is 4.35. The molecule has 1 unspecified atom stereocenters. The van der Waals surface area contributed by atoms with Gasteiger partial charge in [0.25, 0.3) is 0 Å². The minimum Gasteiger partial charge on any atom is -0.393 e. The van der Waals surface area contributed by atoms with Crippen LogP contribution in [0.1, 0.15) is 25.5 Å². The molecule has 114 valence electrons. The molecule has 0 radical (unpaired) electrons. The summed E-state index contributed by atoms with van der Waals surface area (Å²) in [5.41, 5.74) is 1.14. The molecule has 0 aliphatic carbocycles. The lowest BCUT2D eigenvalue weighted by atomic mass is 10.1. The molecule has 0 spiro atoms. The number of carbonyl (C=O) groups is 2. The third-order valence-electron chi connectivity index (χ3n) is 2.24. The molecular formula is C16H20O5. The first-order valence-corrected chi connectivity index (χ1v) is 6.21. The highest BCUT2D eigenvalue weighted by molar-refractivity contribution is 6.00. The fourth-order valence-corrected chi connectivity index (χ4v) is 1.04. The van der Waals surface area contributed by atoms with Gasteiger partial charge in [-0.15, -0.1) is 0 Å². The number of aliphatic hydroxyl groups excluding tert-OH is 2. The normalized spacial score (nSPS) is 10.7. The Labute approximate surface area is 124 Å². The van der Waals surface area contributed by atoms with Crippen LogP contribution in [0.25, 0.3) is 0 Å². The Kier molecular flexibility index (Phi) is 8.60. The van der Waals surface area contributed by atoms with Gasteiger partial charge in [0.2, 0.25) is 0 Å². The van der Waals surface area contributed by atoms with Crippen LogP contribution in [-0.4, -0.2) is 28.8 Å². The van der Waals surface area contributed by atoms with Gasteiger partial charge in [-0.2, -0.15) is 0 Å². The Balaban J connectivity index is 0.000000382. The smallest absolute Gasteiger partial charge is 0.340 e. The van der Waals surface area contributed by atoms with Crippen LogP contribution in [0.2, 0.25) is 0 Å². The number of rotatable bonds is 4. The van der Waals surface area contributed by atoms with E-state index in [0.29, 0.717) is 0 Å². The lowest BCUT2D eigenvalue weighted by Gasteiger charge is -2.05. The number of esters is 2. The molecule has 5 nitrogen and oxygen atoms in total. The van der Waals surface area contributed by atoms with Crippen LogP contribution in [0.5, 0.6) is 0 Å². The minimum atomic E-state index is -0.735. The van der Waals surface area contributed by atoms with Gasteiger partial charge in [0.1, 0.15) is 6.10 Å². The molecule has 0 bridgehead atoms. The van der Waals surface area contributed by atoms with Crippen molar-refractivity contribution in [1.29, 1.82) is 0 Å². The molecule has 21 heavy (non-hydrogen) atoms. The largest absolute Gasteiger partial charge is 0.393 e. The van der Waals surface area contributed by atoms with E-state index in [2.05, 4.69) is 17.9 Å². The number of ether oxygens (including phenoxy) is 1. The van der Waals surface area contributed by atoms with Crippen LogP contribution in [0.15, 0.2) is 54.6 Å². The van der Waals surface area contributed by atoms with Crippen molar-refractivity contribution in [3.8, 4) is 0 Å². The molecule has 0 saturated heterocycles. The van der Waals surface area contributed by atoms with Gasteiger partial charge in [0.15, 0.2) is 0 Å². The van der Waals surface area contributed by atoms with Gasteiger partial charge >= 0.3 is 11.9 Å². The van der Waals surface area contributed by atoms with E-state index >= 15 is 0 Å². The highest BCUT2D eigenvalue weighted by atomic mass is 16.6. The van der Waals surface area contributed by atoms with Crippen LogP contribution in [0.4, 0.5) is 0 Å². The van der Waals surface area contributed by atoms with Crippen molar-refractivity contribution in [2.75, 3.05) is 6.61 Å². The number of carbonyl (C=O) groups excluding carboxylic acids is 2. The zero-order chi connectivity index (χ0) is 16.4. The van der Waals surface area contributed by atoms with Crippen molar-refractivity contribution in [2.45, 2.75) is 20.0 Å². The molecular weight excluding hydrogens is 272 g/mol. The molecule has 1 atom stereocenters. The van der Waals surface area contributed by atoms with E-state index < -0.39 is 18.0 Å². The summed E-state index contributed by atoms with van der Waals surface area (Å²) in [7, 11) is 0. The summed E-state index contributed by atoms with van der Waals surface area (Å²) in [5, 5.41) is 17.6. The minimum absolute atomic E-state index is 0.194. The Morgan fingerprint density at radius 2 is 1.52 bits per heavy atom. The van der Waals surface area contributed by atoms with Crippen LogP contribution < -0.4 is 0 Å². The molecule has 1 rings (SSSR count). The van der Waals surface area contributed by atoms with E-state index in [1.165, 1.54) is 13.8 Å². The van der Waals surface area contributed by atoms with Gasteiger partial charge in [-0.05, 0) is 19.4 Å². The first-order chi connectivity index (χ1) is 9.79. The molecule has 1 aromatic carbocycles. The van der Waals surface area contributed by atoms with E-state index in [9.17, 15) is 9.59 Å². The van der Waals surface area contributed by atoms with Crippen molar-refractivity contribution >= 4 is 11.9 Å². The topological polar surface area (TPSA) is 83.8 Å². The summed E-state index contributed by atoms with van der Waals surface area (Å²) < 4.78 is 4.30. The third kappa shape index (κ3) is 7.81. The summed E-state index contributed by atoms with van der Waals surface area (Å²) in [6.07, 6.45) is -0.735. The first-order valence-electron chi connectivity index (χ1n) is 6.21. The molecule has 0 amide bonds. The highest BCUT2D eigenvalue weighted by Gasteiger charge is 2.10. The molecule has 1 aromatic rings. The van der Waals surface area contributed by atoms with Gasteiger partial charge in [0, 0.05) is 11.1 Å². The Hall–Kier alpha value is -2.24. The summed E-state index contributed by atoms with van der Waals surface area (Å²) in [5.74, 6) is -1.42. The van der Waals surface area contributed by atoms with Gasteiger partial charge in [-0.25, -0.2) is 9.59 Å². The van der Waals surface area contributed by atoms with Crippen LogP contribution >= 0.6 is 0 Å². The van der Waals surface area contributed by atoms with Crippen molar-refractivity contribution < 1.29 is 24.5 Å². The fraction of sp³-hybridized carbons (Fsp3) is 0.250. The monoisotopic (exact) mass is 292 g/mol. The Morgan fingerprint density at radius 3 is 1.86 bits per heavy atom. The molecule has 0 aromatic heterocycles. The molecule has 2 N–H and O–H groups in total. The van der Waals surface area contributed by atoms with Gasteiger partial charge in [-0.1, -0.05) is 43.5 Å². The molecule has 0 aliphatic heterocycles. The Morgan fingerprint density at radius 1 is 1.10 bits per heavy atom. The van der Waals surface area contributed by atoms with E-state index in [4.69, 9.17) is 10.2 Å². The fourth-order valence-electron chi connectivity index (χ4n) is 1.04. The predicted molar refractivity (Wildman–Crippen MR) is 79.2 cm³/mol. The second-order valence-electron chi connectivity index (χ2n) is 4.35. The summed E-state index contributed by atoms with van der Waals surface area (Å²) in [4.78, 5) is 21.3. The average molecular weight is 292 g/mol. The van der Waals surface area contributed by atoms with E-state index in [0.717, 1.165) is 5.56 Å². The van der Waals surface area contributed by atoms with Gasteiger partial charge in [-0.3, -0.25) is 0 Å². The maximum absolute atomic E-state index is 10.7. The first kappa shape index (κ1) is 18.8. The van der Waals surface area contributed by atoms with Gasteiger partial charge in [0.05, 0.1) is 6.61 Å². The molecule has 0 heterocycles. The summed E-state index contributed by atoms with van der Waals surface area (Å²) in [6, 6.07) is 9.08. The highest BCUT2D eigenvalue weighted by Crippen LogP contribution is 2.09. The zero-order valence-electron chi connectivity index (χ0n) is 12.2. The molecule has 0 saturated carbocycles. The van der Waals surface area contributed by atoms with E-state index in [1.54, 1.807) is 12.1 Å². The average Bonchev–Trinajstić information content (AvgIpc) is 2.47. The van der Waals surface area contributed by atoms with Crippen molar-refractivity contribution in [3.05, 3.63) is 60.2 Å². The van der Waals surface area contributed by atoms with E-state index in [1.807, 2.05) is 18.2 Å². The lowest BCUT2D eigenvalue weighted by molar-refractivity contribution is -0.153. The van der Waals surface area contributed by atoms with Crippen molar-refractivity contribution in [3.63, 3.8) is 0 Å². The predicted octanol–water partition coefficient (Wildman–Crippen LogP) is 1.92. The maximum atomic E-state index is 10.7. The van der Waals surface area contributed by atoms with E-state index in [-0.39, 0.29) is 17.8 Å². The number of hydrogen-bond donors (Lipinski definition) is 2. The number of hydrogen-bond acceptors (Lipinski definition) is 5. The van der Waals surface area contributed by atoms with Gasteiger partial charge < -0.3 is 14.9 Å². The van der Waals surface area contributed by atoms with Crippen LogP contribution in [-0.2, 0) is 14.3 Å². The second kappa shape index (κ2) is 9.63. The number of aliphatic hydroxyl groups is 2. The maximum Gasteiger partial charge on any atom is 0.340 e. The molecule has 0 fully saturated rings. The lowest BCUT2D eigenvalue weighted by Crippen LogP contribution is -2.12.